The standard InChI is InChI=1S/C16H18N2OS/c1-11-18-16(10-20-11)15-6-14(7-17-8-15)13-4-2-12(9-19)3-5-13/h2-8,11,16,18-19H,9-10H2,1H3. The molecule has 1 fully saturated rings. The molecule has 0 amide bonds. The topological polar surface area (TPSA) is 45.2 Å². The van der Waals surface area contributed by atoms with E-state index in [0.29, 0.717) is 11.4 Å². The van der Waals surface area contributed by atoms with Crippen LogP contribution in [0.1, 0.15) is 24.1 Å². The zero-order valence-corrected chi connectivity index (χ0v) is 12.2. The first-order valence-electron chi connectivity index (χ1n) is 6.79. The minimum atomic E-state index is 0.0830. The fourth-order valence-corrected chi connectivity index (χ4v) is 3.45. The summed E-state index contributed by atoms with van der Waals surface area (Å²) in [5.74, 6) is 1.09. The van der Waals surface area contributed by atoms with Gasteiger partial charge >= 0.3 is 0 Å². The first-order valence-corrected chi connectivity index (χ1v) is 7.84. The largest absolute Gasteiger partial charge is 0.392 e. The van der Waals surface area contributed by atoms with Crippen LogP contribution in [0.2, 0.25) is 0 Å². The lowest BCUT2D eigenvalue weighted by molar-refractivity contribution is 0.282. The summed E-state index contributed by atoms with van der Waals surface area (Å²) < 4.78 is 0. The molecule has 104 valence electrons. The number of aliphatic hydroxyl groups excluding tert-OH is 1. The zero-order chi connectivity index (χ0) is 13.9. The molecule has 1 aromatic heterocycles. The van der Waals surface area contributed by atoms with Crippen LogP contribution in [0.3, 0.4) is 0 Å². The molecule has 0 aliphatic carbocycles. The number of thioether (sulfide) groups is 1. The maximum atomic E-state index is 9.09. The van der Waals surface area contributed by atoms with Gasteiger partial charge in [0, 0.05) is 29.8 Å². The molecule has 0 radical (unpaired) electrons. The van der Waals surface area contributed by atoms with Crippen molar-refractivity contribution in [1.29, 1.82) is 0 Å². The fourth-order valence-electron chi connectivity index (χ4n) is 2.42. The van der Waals surface area contributed by atoms with Gasteiger partial charge in [0.2, 0.25) is 0 Å². The van der Waals surface area contributed by atoms with Gasteiger partial charge in [-0.1, -0.05) is 24.3 Å². The Labute approximate surface area is 123 Å². The lowest BCUT2D eigenvalue weighted by atomic mass is 10.0. The van der Waals surface area contributed by atoms with Crippen LogP contribution in [0.15, 0.2) is 42.7 Å². The van der Waals surface area contributed by atoms with E-state index < -0.39 is 0 Å². The molecule has 3 rings (SSSR count). The number of hydrogen-bond donors (Lipinski definition) is 2. The molecule has 4 heteroatoms. The highest BCUT2D eigenvalue weighted by Crippen LogP contribution is 2.30. The van der Waals surface area contributed by atoms with E-state index in [0.717, 1.165) is 22.4 Å². The lowest BCUT2D eigenvalue weighted by Gasteiger charge is -2.12. The van der Waals surface area contributed by atoms with Crippen molar-refractivity contribution >= 4 is 11.8 Å². The maximum absolute atomic E-state index is 9.09. The molecule has 2 unspecified atom stereocenters. The van der Waals surface area contributed by atoms with Gasteiger partial charge in [-0.3, -0.25) is 10.3 Å². The van der Waals surface area contributed by atoms with E-state index in [2.05, 4.69) is 23.3 Å². The number of nitrogens with zero attached hydrogens (tertiary/aromatic N) is 1. The van der Waals surface area contributed by atoms with Crippen LogP contribution >= 0.6 is 11.8 Å². The molecule has 0 spiro atoms. The molecule has 0 bridgehead atoms. The zero-order valence-electron chi connectivity index (χ0n) is 11.4. The summed E-state index contributed by atoms with van der Waals surface area (Å²) in [6.45, 7) is 2.27. The first-order chi connectivity index (χ1) is 9.76. The average Bonchev–Trinajstić information content (AvgIpc) is 2.94. The Morgan fingerprint density at radius 1 is 1.25 bits per heavy atom. The Bertz CT molecular complexity index is 585. The molecule has 1 saturated heterocycles. The van der Waals surface area contributed by atoms with Gasteiger partial charge in [-0.05, 0) is 29.7 Å². The Morgan fingerprint density at radius 2 is 2.05 bits per heavy atom. The molecule has 1 aliphatic heterocycles. The summed E-state index contributed by atoms with van der Waals surface area (Å²) in [6.07, 6.45) is 3.84. The molecule has 1 aliphatic rings. The molecule has 20 heavy (non-hydrogen) atoms. The highest BCUT2D eigenvalue weighted by molar-refractivity contribution is 8.00. The van der Waals surface area contributed by atoms with E-state index in [1.807, 2.05) is 48.4 Å². The summed E-state index contributed by atoms with van der Waals surface area (Å²) in [4.78, 5) is 4.37. The average molecular weight is 286 g/mol. The van der Waals surface area contributed by atoms with Gasteiger partial charge in [-0.25, -0.2) is 0 Å². The van der Waals surface area contributed by atoms with Crippen molar-refractivity contribution in [2.24, 2.45) is 0 Å². The summed E-state index contributed by atoms with van der Waals surface area (Å²) in [5.41, 5.74) is 4.43. The van der Waals surface area contributed by atoms with Crippen LogP contribution in [-0.4, -0.2) is 21.2 Å². The van der Waals surface area contributed by atoms with Crippen molar-refractivity contribution < 1.29 is 5.11 Å². The van der Waals surface area contributed by atoms with Crippen LogP contribution < -0.4 is 5.32 Å². The minimum absolute atomic E-state index is 0.0830. The van der Waals surface area contributed by atoms with Crippen molar-refractivity contribution in [1.82, 2.24) is 10.3 Å². The van der Waals surface area contributed by atoms with E-state index in [1.165, 1.54) is 5.56 Å². The number of aromatic nitrogens is 1. The molecule has 0 saturated carbocycles. The van der Waals surface area contributed by atoms with Crippen LogP contribution in [0.4, 0.5) is 0 Å². The third-order valence-electron chi connectivity index (χ3n) is 3.58. The quantitative estimate of drug-likeness (QED) is 0.910. The number of hydrogen-bond acceptors (Lipinski definition) is 4. The van der Waals surface area contributed by atoms with Gasteiger partial charge in [0.1, 0.15) is 0 Å². The van der Waals surface area contributed by atoms with E-state index in [-0.39, 0.29) is 6.61 Å². The molecule has 3 nitrogen and oxygen atoms in total. The predicted molar refractivity (Wildman–Crippen MR) is 83.4 cm³/mol. The second kappa shape index (κ2) is 5.95. The second-order valence-electron chi connectivity index (χ2n) is 5.06. The minimum Gasteiger partial charge on any atom is -0.392 e. The lowest BCUT2D eigenvalue weighted by Crippen LogP contribution is -2.20. The second-order valence-corrected chi connectivity index (χ2v) is 6.43. The Balaban J connectivity index is 1.86. The molecule has 1 aromatic carbocycles. The maximum Gasteiger partial charge on any atom is 0.0681 e. The van der Waals surface area contributed by atoms with Crippen LogP contribution in [0.5, 0.6) is 0 Å². The fraction of sp³-hybridized carbons (Fsp3) is 0.312. The number of rotatable bonds is 3. The molecular weight excluding hydrogens is 268 g/mol. The highest BCUT2D eigenvalue weighted by atomic mass is 32.2. The van der Waals surface area contributed by atoms with Crippen LogP contribution in [-0.2, 0) is 6.61 Å². The van der Waals surface area contributed by atoms with Gasteiger partial charge < -0.3 is 5.11 Å². The molecular formula is C16H18N2OS. The molecule has 2 aromatic rings. The third-order valence-corrected chi connectivity index (χ3v) is 4.74. The van der Waals surface area contributed by atoms with Gasteiger partial charge in [0.15, 0.2) is 0 Å². The molecule has 2 heterocycles. The summed E-state index contributed by atoms with van der Waals surface area (Å²) in [7, 11) is 0. The van der Waals surface area contributed by atoms with E-state index in [9.17, 15) is 0 Å². The number of benzene rings is 1. The van der Waals surface area contributed by atoms with Crippen molar-refractivity contribution in [3.05, 3.63) is 53.9 Å². The van der Waals surface area contributed by atoms with Gasteiger partial charge in [0.25, 0.3) is 0 Å². The van der Waals surface area contributed by atoms with Crippen LogP contribution in [0.25, 0.3) is 11.1 Å². The Kier molecular flexibility index (Phi) is 4.05. The third kappa shape index (κ3) is 2.87. The summed E-state index contributed by atoms with van der Waals surface area (Å²) in [5, 5.41) is 13.2. The van der Waals surface area contributed by atoms with Crippen molar-refractivity contribution in [3.63, 3.8) is 0 Å². The first kappa shape index (κ1) is 13.6. The summed E-state index contributed by atoms with van der Waals surface area (Å²) >= 11 is 1.94. The van der Waals surface area contributed by atoms with E-state index in [1.54, 1.807) is 0 Å². The number of aliphatic hydroxyl groups is 1. The monoisotopic (exact) mass is 286 g/mol. The van der Waals surface area contributed by atoms with Gasteiger partial charge in [-0.15, -0.1) is 11.8 Å². The Morgan fingerprint density at radius 3 is 2.70 bits per heavy atom. The number of pyridine rings is 1. The summed E-state index contributed by atoms with van der Waals surface area (Å²) in [6, 6.07) is 10.6. The molecule has 2 atom stereocenters. The van der Waals surface area contributed by atoms with E-state index >= 15 is 0 Å². The normalized spacial score (nSPS) is 22.1. The van der Waals surface area contributed by atoms with Crippen molar-refractivity contribution in [3.8, 4) is 11.1 Å². The van der Waals surface area contributed by atoms with Crippen molar-refractivity contribution in [2.45, 2.75) is 24.9 Å². The SMILES string of the molecule is CC1NC(c2cncc(-c3ccc(CO)cc3)c2)CS1. The highest BCUT2D eigenvalue weighted by Gasteiger charge is 2.22. The Hall–Kier alpha value is -1.36. The van der Waals surface area contributed by atoms with E-state index in [4.69, 9.17) is 5.11 Å². The van der Waals surface area contributed by atoms with Crippen LogP contribution in [0, 0.1) is 0 Å². The predicted octanol–water partition coefficient (Wildman–Crippen LogP) is 2.96. The smallest absolute Gasteiger partial charge is 0.0681 e. The number of nitrogens with one attached hydrogen (secondary N) is 1. The van der Waals surface area contributed by atoms with Gasteiger partial charge in [0.05, 0.1) is 12.0 Å². The van der Waals surface area contributed by atoms with Crippen molar-refractivity contribution in [2.75, 3.05) is 5.75 Å². The molecule has 2 N–H and O–H groups in total. The van der Waals surface area contributed by atoms with Gasteiger partial charge in [-0.2, -0.15) is 0 Å².